The molecule has 1 aliphatic heterocycles. The lowest BCUT2D eigenvalue weighted by molar-refractivity contribution is 0.0882. The number of aliphatic hydroxyl groups is 1. The van der Waals surface area contributed by atoms with E-state index in [1.165, 1.54) is 0 Å². The summed E-state index contributed by atoms with van der Waals surface area (Å²) in [5.74, 6) is 0.448. The van der Waals surface area contributed by atoms with Crippen molar-refractivity contribution in [2.45, 2.75) is 33.3 Å². The van der Waals surface area contributed by atoms with Crippen molar-refractivity contribution in [3.8, 4) is 0 Å². The van der Waals surface area contributed by atoms with Crippen LogP contribution in [0.3, 0.4) is 0 Å². The quantitative estimate of drug-likeness (QED) is 0.533. The first kappa shape index (κ1) is 9.92. The summed E-state index contributed by atoms with van der Waals surface area (Å²) in [6.07, 6.45) is 0.859. The Morgan fingerprint density at radius 2 is 2.00 bits per heavy atom. The van der Waals surface area contributed by atoms with Gasteiger partial charge in [-0.25, -0.2) is 0 Å². The highest BCUT2D eigenvalue weighted by Crippen LogP contribution is 2.08. The smallest absolute Gasteiger partial charge is 0.0590 e. The van der Waals surface area contributed by atoms with Gasteiger partial charge in [-0.3, -0.25) is 0 Å². The molecule has 0 bridgehead atoms. The zero-order chi connectivity index (χ0) is 7.98. The van der Waals surface area contributed by atoms with Crippen molar-refractivity contribution in [2.24, 2.45) is 5.92 Å². The van der Waals surface area contributed by atoms with Crippen LogP contribution in [0.25, 0.3) is 0 Å². The van der Waals surface area contributed by atoms with E-state index in [2.05, 4.69) is 12.2 Å². The largest absolute Gasteiger partial charge is 0.393 e. The van der Waals surface area contributed by atoms with E-state index in [1.54, 1.807) is 0 Å². The molecule has 0 amide bonds. The first-order valence-corrected chi connectivity index (χ1v) is 4.19. The minimum Gasteiger partial charge on any atom is -0.393 e. The van der Waals surface area contributed by atoms with Crippen molar-refractivity contribution in [2.75, 3.05) is 13.1 Å². The van der Waals surface area contributed by atoms with Crippen molar-refractivity contribution in [1.82, 2.24) is 5.32 Å². The van der Waals surface area contributed by atoms with E-state index in [-0.39, 0.29) is 6.10 Å². The van der Waals surface area contributed by atoms with E-state index in [0.29, 0.717) is 5.92 Å². The third-order valence-corrected chi connectivity index (χ3v) is 1.74. The van der Waals surface area contributed by atoms with Crippen molar-refractivity contribution in [3.05, 3.63) is 0 Å². The van der Waals surface area contributed by atoms with Crippen LogP contribution in [0.4, 0.5) is 0 Å². The molecule has 1 heterocycles. The predicted octanol–water partition coefficient (Wildman–Crippen LogP) is 1.00. The van der Waals surface area contributed by atoms with Crippen LogP contribution in [0.5, 0.6) is 0 Å². The summed E-state index contributed by atoms with van der Waals surface area (Å²) in [4.78, 5) is 0. The summed E-state index contributed by atoms with van der Waals surface area (Å²) in [5, 5.41) is 12.3. The van der Waals surface area contributed by atoms with E-state index < -0.39 is 0 Å². The van der Waals surface area contributed by atoms with Gasteiger partial charge in [0.2, 0.25) is 0 Å². The predicted molar refractivity (Wildman–Crippen MR) is 44.0 cm³/mol. The summed E-state index contributed by atoms with van der Waals surface area (Å²) < 4.78 is 0. The van der Waals surface area contributed by atoms with Gasteiger partial charge >= 0.3 is 0 Å². The van der Waals surface area contributed by atoms with Gasteiger partial charge in [0.05, 0.1) is 6.10 Å². The van der Waals surface area contributed by atoms with Gasteiger partial charge in [0.15, 0.2) is 0 Å². The summed E-state index contributed by atoms with van der Waals surface area (Å²) >= 11 is 0. The number of hydrogen-bond donors (Lipinski definition) is 2. The number of nitrogens with one attached hydrogen (secondary N) is 1. The van der Waals surface area contributed by atoms with E-state index in [1.807, 2.05) is 13.8 Å². The zero-order valence-corrected chi connectivity index (χ0v) is 7.22. The Bertz CT molecular complexity index is 65.7. The van der Waals surface area contributed by atoms with Crippen molar-refractivity contribution < 1.29 is 5.11 Å². The summed E-state index contributed by atoms with van der Waals surface area (Å²) in [6.45, 7) is 8.02. The Kier molecular flexibility index (Phi) is 5.64. The van der Waals surface area contributed by atoms with Crippen LogP contribution in [-0.2, 0) is 0 Å². The first-order chi connectivity index (χ1) is 4.80. The highest BCUT2D eigenvalue weighted by atomic mass is 16.3. The molecular weight excluding hydrogens is 126 g/mol. The first-order valence-electron chi connectivity index (χ1n) is 4.19. The van der Waals surface area contributed by atoms with E-state index >= 15 is 0 Å². The van der Waals surface area contributed by atoms with Gasteiger partial charge in [-0.15, -0.1) is 0 Å². The molecule has 1 saturated heterocycles. The second-order valence-electron chi connectivity index (χ2n) is 2.54. The van der Waals surface area contributed by atoms with Crippen LogP contribution >= 0.6 is 0 Å². The summed E-state index contributed by atoms with van der Waals surface area (Å²) in [5.41, 5.74) is 0. The molecule has 0 aromatic rings. The van der Waals surface area contributed by atoms with Gasteiger partial charge < -0.3 is 10.4 Å². The van der Waals surface area contributed by atoms with E-state index in [0.717, 1.165) is 19.5 Å². The minimum absolute atomic E-state index is 0.0590. The molecule has 2 atom stereocenters. The highest BCUT2D eigenvalue weighted by Gasteiger charge is 2.16. The van der Waals surface area contributed by atoms with Gasteiger partial charge in [-0.1, -0.05) is 20.8 Å². The lowest BCUT2D eigenvalue weighted by atomic mass is 9.99. The SMILES string of the molecule is CC.CC1CNCCC1O. The van der Waals surface area contributed by atoms with Crippen LogP contribution in [-0.4, -0.2) is 24.3 Å². The summed E-state index contributed by atoms with van der Waals surface area (Å²) in [7, 11) is 0. The fourth-order valence-electron chi connectivity index (χ4n) is 1.00. The second kappa shape index (κ2) is 5.69. The molecule has 2 N–H and O–H groups in total. The van der Waals surface area contributed by atoms with Gasteiger partial charge in [0, 0.05) is 6.54 Å². The maximum Gasteiger partial charge on any atom is 0.0590 e. The maximum absolute atomic E-state index is 9.14. The molecule has 2 nitrogen and oxygen atoms in total. The van der Waals surface area contributed by atoms with Crippen molar-refractivity contribution in [3.63, 3.8) is 0 Å². The second-order valence-corrected chi connectivity index (χ2v) is 2.54. The average Bonchev–Trinajstić information content (AvgIpc) is 2.00. The number of aliphatic hydroxyl groups excluding tert-OH is 1. The molecular formula is C8H19NO. The molecule has 0 aromatic heterocycles. The average molecular weight is 145 g/mol. The molecule has 0 aromatic carbocycles. The van der Waals surface area contributed by atoms with Crippen molar-refractivity contribution in [1.29, 1.82) is 0 Å². The maximum atomic E-state index is 9.14. The van der Waals surface area contributed by atoms with Gasteiger partial charge in [0.25, 0.3) is 0 Å². The normalized spacial score (nSPS) is 32.4. The molecule has 62 valence electrons. The Morgan fingerprint density at radius 1 is 1.40 bits per heavy atom. The molecule has 10 heavy (non-hydrogen) atoms. The topological polar surface area (TPSA) is 32.3 Å². The third kappa shape index (κ3) is 3.18. The van der Waals surface area contributed by atoms with Crippen LogP contribution in [0.15, 0.2) is 0 Å². The van der Waals surface area contributed by atoms with Crippen LogP contribution in [0.2, 0.25) is 0 Å². The molecule has 0 saturated carbocycles. The van der Waals surface area contributed by atoms with E-state index in [9.17, 15) is 0 Å². The Balaban J connectivity index is 0.000000371. The zero-order valence-electron chi connectivity index (χ0n) is 7.22. The van der Waals surface area contributed by atoms with Crippen LogP contribution in [0, 0.1) is 5.92 Å². The number of piperidine rings is 1. The molecule has 2 unspecified atom stereocenters. The number of hydrogen-bond acceptors (Lipinski definition) is 2. The van der Waals surface area contributed by atoms with Gasteiger partial charge in [0.1, 0.15) is 0 Å². The Morgan fingerprint density at radius 3 is 2.30 bits per heavy atom. The Labute approximate surface area is 63.6 Å². The van der Waals surface area contributed by atoms with Crippen LogP contribution < -0.4 is 5.32 Å². The standard InChI is InChI=1S/C6H13NO.C2H6/c1-5-4-7-3-2-6(5)8;1-2/h5-8H,2-4H2,1H3;1-2H3. The monoisotopic (exact) mass is 145 g/mol. The lowest BCUT2D eigenvalue weighted by Crippen LogP contribution is -2.38. The lowest BCUT2D eigenvalue weighted by Gasteiger charge is -2.24. The van der Waals surface area contributed by atoms with Crippen LogP contribution in [0.1, 0.15) is 27.2 Å². The third-order valence-electron chi connectivity index (χ3n) is 1.74. The molecule has 0 aliphatic carbocycles. The Hall–Kier alpha value is -0.0800. The molecule has 1 rings (SSSR count). The van der Waals surface area contributed by atoms with Gasteiger partial charge in [-0.05, 0) is 18.9 Å². The molecule has 0 spiro atoms. The molecule has 2 heteroatoms. The summed E-state index contributed by atoms with van der Waals surface area (Å²) in [6, 6.07) is 0. The molecule has 1 fully saturated rings. The molecule has 0 radical (unpaired) electrons. The van der Waals surface area contributed by atoms with Crippen molar-refractivity contribution >= 4 is 0 Å². The fraction of sp³-hybridized carbons (Fsp3) is 1.00. The molecule has 1 aliphatic rings. The van der Waals surface area contributed by atoms with E-state index in [4.69, 9.17) is 5.11 Å². The minimum atomic E-state index is -0.0590. The highest BCUT2D eigenvalue weighted by molar-refractivity contribution is 4.72. The van der Waals surface area contributed by atoms with Gasteiger partial charge in [-0.2, -0.15) is 0 Å². The fourth-order valence-corrected chi connectivity index (χ4v) is 1.00. The number of rotatable bonds is 0.